The summed E-state index contributed by atoms with van der Waals surface area (Å²) in [5, 5.41) is 8.89. The molecule has 0 fully saturated rings. The molecular weight excluding hydrogens is 152 g/mol. The van der Waals surface area contributed by atoms with Gasteiger partial charge in [-0.3, -0.25) is 0 Å². The minimum atomic E-state index is -2.57. The number of alkyl halides is 2. The normalized spacial score (nSPS) is 10.5. The second-order valence-corrected chi connectivity index (χ2v) is 2.12. The molecule has 2 nitrogen and oxygen atoms in total. The van der Waals surface area contributed by atoms with E-state index in [1.165, 1.54) is 12.1 Å². The molecule has 0 atom stereocenters. The van der Waals surface area contributed by atoms with Gasteiger partial charge in [-0.15, -0.1) is 0 Å². The fourth-order valence-electron chi connectivity index (χ4n) is 0.696. The van der Waals surface area contributed by atoms with Gasteiger partial charge < -0.3 is 10.8 Å². The highest BCUT2D eigenvalue weighted by molar-refractivity contribution is 5.52. The van der Waals surface area contributed by atoms with Crippen LogP contribution < -0.4 is 5.73 Å². The van der Waals surface area contributed by atoms with E-state index in [1.54, 1.807) is 0 Å². The molecule has 0 spiro atoms. The predicted octanol–water partition coefficient (Wildman–Crippen LogP) is 1.91. The molecule has 1 aromatic carbocycles. The second-order valence-electron chi connectivity index (χ2n) is 2.12. The van der Waals surface area contributed by atoms with E-state index in [0.717, 1.165) is 6.07 Å². The number of benzene rings is 1. The molecule has 0 bridgehead atoms. The first-order valence-electron chi connectivity index (χ1n) is 2.98. The summed E-state index contributed by atoms with van der Waals surface area (Å²) >= 11 is 0. The average Bonchev–Trinajstić information content (AvgIpc) is 1.94. The molecule has 11 heavy (non-hydrogen) atoms. The zero-order valence-electron chi connectivity index (χ0n) is 5.59. The predicted molar refractivity (Wildman–Crippen MR) is 37.5 cm³/mol. The van der Waals surface area contributed by atoms with Crippen molar-refractivity contribution < 1.29 is 13.9 Å². The minimum Gasteiger partial charge on any atom is -0.506 e. The lowest BCUT2D eigenvalue weighted by molar-refractivity contribution is 0.151. The van der Waals surface area contributed by atoms with Crippen molar-refractivity contribution in [2.75, 3.05) is 5.73 Å². The zero-order chi connectivity index (χ0) is 8.43. The molecule has 0 aromatic heterocycles. The molecule has 3 N–H and O–H groups in total. The Hall–Kier alpha value is -1.32. The molecule has 0 unspecified atom stereocenters. The van der Waals surface area contributed by atoms with Crippen LogP contribution in [0.1, 0.15) is 12.0 Å². The molecule has 1 aromatic rings. The minimum absolute atomic E-state index is 0.106. The Balaban J connectivity index is 3.05. The van der Waals surface area contributed by atoms with Crippen molar-refractivity contribution in [2.24, 2.45) is 0 Å². The summed E-state index contributed by atoms with van der Waals surface area (Å²) in [6, 6.07) is 3.39. The maximum Gasteiger partial charge on any atom is 0.263 e. The Morgan fingerprint density at radius 2 is 2.00 bits per heavy atom. The van der Waals surface area contributed by atoms with Gasteiger partial charge in [-0.05, 0) is 12.1 Å². The van der Waals surface area contributed by atoms with Crippen LogP contribution >= 0.6 is 0 Å². The highest BCUT2D eigenvalue weighted by Crippen LogP contribution is 2.26. The van der Waals surface area contributed by atoms with Crippen LogP contribution in [0.2, 0.25) is 0 Å². The Bertz CT molecular complexity index is 263. The standard InChI is InChI=1S/C7H7F2NO/c8-7(9)4-1-2-5(10)6(11)3-4/h1-3,7,11H,10H2. The van der Waals surface area contributed by atoms with Gasteiger partial charge in [-0.1, -0.05) is 6.07 Å². The SMILES string of the molecule is Nc1ccc(C(F)F)cc1O. The van der Waals surface area contributed by atoms with E-state index in [0.29, 0.717) is 0 Å². The van der Waals surface area contributed by atoms with Crippen LogP contribution in [0.15, 0.2) is 18.2 Å². The third kappa shape index (κ3) is 1.58. The molecule has 0 amide bonds. The number of nitrogen functional groups attached to an aromatic ring is 1. The summed E-state index contributed by atoms with van der Waals surface area (Å²) in [6.07, 6.45) is -2.57. The monoisotopic (exact) mass is 159 g/mol. The molecule has 0 aliphatic heterocycles. The third-order valence-corrected chi connectivity index (χ3v) is 1.31. The number of phenols is 1. The smallest absolute Gasteiger partial charge is 0.263 e. The van der Waals surface area contributed by atoms with Gasteiger partial charge in [0.25, 0.3) is 6.43 Å². The third-order valence-electron chi connectivity index (χ3n) is 1.31. The first-order valence-corrected chi connectivity index (χ1v) is 2.98. The van der Waals surface area contributed by atoms with Crippen LogP contribution in [0, 0.1) is 0 Å². The van der Waals surface area contributed by atoms with Crippen LogP contribution in [0.5, 0.6) is 5.75 Å². The van der Waals surface area contributed by atoms with Crippen molar-refractivity contribution in [3.8, 4) is 5.75 Å². The van der Waals surface area contributed by atoms with Gasteiger partial charge in [0.1, 0.15) is 5.75 Å². The van der Waals surface area contributed by atoms with Crippen molar-refractivity contribution in [3.63, 3.8) is 0 Å². The van der Waals surface area contributed by atoms with Crippen LogP contribution in [-0.4, -0.2) is 5.11 Å². The topological polar surface area (TPSA) is 46.2 Å². The number of rotatable bonds is 1. The lowest BCUT2D eigenvalue weighted by Crippen LogP contribution is -1.88. The number of hydrogen-bond donors (Lipinski definition) is 2. The number of anilines is 1. The zero-order valence-corrected chi connectivity index (χ0v) is 5.59. The van der Waals surface area contributed by atoms with Crippen molar-refractivity contribution in [1.29, 1.82) is 0 Å². The molecule has 1 rings (SSSR count). The summed E-state index contributed by atoms with van der Waals surface area (Å²) in [5.74, 6) is -0.303. The Kier molecular flexibility index (Phi) is 1.94. The van der Waals surface area contributed by atoms with Crippen molar-refractivity contribution in [1.82, 2.24) is 0 Å². The highest BCUT2D eigenvalue weighted by atomic mass is 19.3. The van der Waals surface area contributed by atoms with Crippen molar-refractivity contribution in [3.05, 3.63) is 23.8 Å². The van der Waals surface area contributed by atoms with Gasteiger partial charge in [0, 0.05) is 5.56 Å². The van der Waals surface area contributed by atoms with E-state index in [-0.39, 0.29) is 17.0 Å². The number of aromatic hydroxyl groups is 1. The maximum absolute atomic E-state index is 11.9. The fraction of sp³-hybridized carbons (Fsp3) is 0.143. The van der Waals surface area contributed by atoms with E-state index >= 15 is 0 Å². The van der Waals surface area contributed by atoms with E-state index < -0.39 is 6.43 Å². The van der Waals surface area contributed by atoms with Crippen LogP contribution in [0.4, 0.5) is 14.5 Å². The quantitative estimate of drug-likeness (QED) is 0.485. The number of phenolic OH excluding ortho intramolecular Hbond substituents is 1. The van der Waals surface area contributed by atoms with Gasteiger partial charge in [-0.2, -0.15) is 0 Å². The summed E-state index contributed by atoms with van der Waals surface area (Å²) in [4.78, 5) is 0. The van der Waals surface area contributed by atoms with E-state index in [2.05, 4.69) is 0 Å². The summed E-state index contributed by atoms with van der Waals surface area (Å²) in [5.41, 5.74) is 5.07. The largest absolute Gasteiger partial charge is 0.506 e. The first-order chi connectivity index (χ1) is 5.11. The molecule has 0 radical (unpaired) electrons. The number of hydrogen-bond acceptors (Lipinski definition) is 2. The number of nitrogens with two attached hydrogens (primary N) is 1. The lowest BCUT2D eigenvalue weighted by atomic mass is 10.2. The van der Waals surface area contributed by atoms with E-state index in [9.17, 15) is 8.78 Å². The Morgan fingerprint density at radius 1 is 1.36 bits per heavy atom. The van der Waals surface area contributed by atoms with Gasteiger partial charge in [0.05, 0.1) is 5.69 Å². The van der Waals surface area contributed by atoms with Crippen LogP contribution in [0.25, 0.3) is 0 Å². The Morgan fingerprint density at radius 3 is 2.45 bits per heavy atom. The van der Waals surface area contributed by atoms with E-state index in [1.807, 2.05) is 0 Å². The van der Waals surface area contributed by atoms with Gasteiger partial charge >= 0.3 is 0 Å². The molecule has 0 saturated heterocycles. The maximum atomic E-state index is 11.9. The molecule has 0 aliphatic carbocycles. The summed E-state index contributed by atoms with van der Waals surface area (Å²) in [6.45, 7) is 0. The molecule has 0 saturated carbocycles. The molecular formula is C7H7F2NO. The average molecular weight is 159 g/mol. The van der Waals surface area contributed by atoms with Crippen LogP contribution in [0.3, 0.4) is 0 Å². The highest BCUT2D eigenvalue weighted by Gasteiger charge is 2.07. The number of halogens is 2. The molecule has 0 heterocycles. The summed E-state index contributed by atoms with van der Waals surface area (Å²) < 4.78 is 23.9. The first kappa shape index (κ1) is 7.78. The molecule has 60 valence electrons. The van der Waals surface area contributed by atoms with Gasteiger partial charge in [0.15, 0.2) is 0 Å². The second kappa shape index (κ2) is 2.74. The summed E-state index contributed by atoms with van der Waals surface area (Å²) in [7, 11) is 0. The molecule has 0 aliphatic rings. The molecule has 4 heteroatoms. The van der Waals surface area contributed by atoms with Crippen molar-refractivity contribution >= 4 is 5.69 Å². The lowest BCUT2D eigenvalue weighted by Gasteiger charge is -2.01. The fourth-order valence-corrected chi connectivity index (χ4v) is 0.696. The van der Waals surface area contributed by atoms with Crippen molar-refractivity contribution in [2.45, 2.75) is 6.43 Å². The van der Waals surface area contributed by atoms with E-state index in [4.69, 9.17) is 10.8 Å². The van der Waals surface area contributed by atoms with Crippen LogP contribution in [-0.2, 0) is 0 Å². The van der Waals surface area contributed by atoms with Gasteiger partial charge in [0.2, 0.25) is 0 Å². The Labute approximate surface area is 62.3 Å². The van der Waals surface area contributed by atoms with Gasteiger partial charge in [-0.25, -0.2) is 8.78 Å².